The van der Waals surface area contributed by atoms with E-state index >= 15 is 0 Å². The minimum atomic E-state index is -0.392. The predicted octanol–water partition coefficient (Wildman–Crippen LogP) is 3.17. The second kappa shape index (κ2) is 5.64. The molecule has 0 atom stereocenters. The van der Waals surface area contributed by atoms with Crippen LogP contribution < -0.4 is 3.11 Å². The first-order valence-corrected chi connectivity index (χ1v) is 5.01. The summed E-state index contributed by atoms with van der Waals surface area (Å²) < 4.78 is 6.29. The van der Waals surface area contributed by atoms with Crippen molar-refractivity contribution in [3.63, 3.8) is 0 Å². The second-order valence-corrected chi connectivity index (χ2v) is 3.45. The lowest BCUT2D eigenvalue weighted by Crippen LogP contribution is -2.20. The zero-order chi connectivity index (χ0) is 10.4. The van der Waals surface area contributed by atoms with Crippen LogP contribution in [0.4, 0.5) is 10.5 Å². The molecule has 0 N–H and O–H groups in total. The molecule has 4 heteroatoms. The van der Waals surface area contributed by atoms with Gasteiger partial charge in [0, 0.05) is 0 Å². The van der Waals surface area contributed by atoms with Gasteiger partial charge in [-0.25, -0.2) is 7.91 Å². The Labute approximate surface area is 96.9 Å². The molecule has 0 aromatic heterocycles. The monoisotopic (exact) mass is 303 g/mol. The molecule has 0 saturated heterocycles. The topological polar surface area (TPSA) is 29.5 Å². The summed E-state index contributed by atoms with van der Waals surface area (Å²) in [4.78, 5) is 11.4. The highest BCUT2D eigenvalue weighted by molar-refractivity contribution is 14.1. The number of anilines is 1. The molecule has 1 aromatic rings. The first kappa shape index (κ1) is 11.0. The van der Waals surface area contributed by atoms with E-state index < -0.39 is 6.09 Å². The van der Waals surface area contributed by atoms with Gasteiger partial charge in [0.1, 0.15) is 6.61 Å². The normalized spacial score (nSPS) is 9.21. The largest absolute Gasteiger partial charge is 0.444 e. The van der Waals surface area contributed by atoms with Crippen LogP contribution in [0.15, 0.2) is 43.0 Å². The number of benzene rings is 1. The van der Waals surface area contributed by atoms with Crippen LogP contribution in [0, 0.1) is 0 Å². The van der Waals surface area contributed by atoms with Crippen LogP contribution in [0.3, 0.4) is 0 Å². The molecular formula is C10H10INO2. The zero-order valence-electron chi connectivity index (χ0n) is 7.52. The van der Waals surface area contributed by atoms with E-state index in [1.807, 2.05) is 53.2 Å². The first-order chi connectivity index (χ1) is 6.75. The maximum Gasteiger partial charge on any atom is 0.423 e. The maximum atomic E-state index is 11.4. The molecule has 1 aromatic carbocycles. The summed E-state index contributed by atoms with van der Waals surface area (Å²) in [6, 6.07) is 9.29. The summed E-state index contributed by atoms with van der Waals surface area (Å²) in [6.45, 7) is 3.69. The molecule has 0 spiro atoms. The van der Waals surface area contributed by atoms with E-state index in [2.05, 4.69) is 6.58 Å². The van der Waals surface area contributed by atoms with Crippen molar-refractivity contribution in [2.45, 2.75) is 0 Å². The van der Waals surface area contributed by atoms with Gasteiger partial charge in [-0.15, -0.1) is 0 Å². The summed E-state index contributed by atoms with van der Waals surface area (Å²) >= 11 is 1.90. The van der Waals surface area contributed by atoms with E-state index in [4.69, 9.17) is 4.74 Å². The summed E-state index contributed by atoms with van der Waals surface area (Å²) in [5.41, 5.74) is 0.794. The zero-order valence-corrected chi connectivity index (χ0v) is 9.68. The van der Waals surface area contributed by atoms with Gasteiger partial charge >= 0.3 is 6.09 Å². The van der Waals surface area contributed by atoms with Crippen molar-refractivity contribution in [2.75, 3.05) is 9.72 Å². The number of hydrogen-bond acceptors (Lipinski definition) is 2. The number of nitrogens with zero attached hydrogens (tertiary/aromatic N) is 1. The van der Waals surface area contributed by atoms with Gasteiger partial charge in [0.25, 0.3) is 0 Å². The quantitative estimate of drug-likeness (QED) is 0.488. The highest BCUT2D eigenvalue weighted by Crippen LogP contribution is 2.18. The molecule has 0 bridgehead atoms. The molecule has 0 fully saturated rings. The Bertz CT molecular complexity index is 313. The van der Waals surface area contributed by atoms with E-state index in [0.29, 0.717) is 0 Å². The molecule has 0 aliphatic carbocycles. The Hall–Kier alpha value is -1.04. The number of carbonyl (C=O) groups is 1. The van der Waals surface area contributed by atoms with Crippen LogP contribution in [0.25, 0.3) is 0 Å². The van der Waals surface area contributed by atoms with Crippen LogP contribution in [0.1, 0.15) is 0 Å². The van der Waals surface area contributed by atoms with Crippen LogP contribution in [-0.4, -0.2) is 12.7 Å². The average molecular weight is 303 g/mol. The van der Waals surface area contributed by atoms with Gasteiger partial charge < -0.3 is 4.74 Å². The SMILES string of the molecule is C=CCOC(=O)N(I)c1ccccc1. The molecular weight excluding hydrogens is 293 g/mol. The summed E-state index contributed by atoms with van der Waals surface area (Å²) in [7, 11) is 0. The van der Waals surface area contributed by atoms with Gasteiger partial charge in [-0.1, -0.05) is 30.9 Å². The summed E-state index contributed by atoms with van der Waals surface area (Å²) in [6.07, 6.45) is 1.14. The number of rotatable bonds is 3. The van der Waals surface area contributed by atoms with E-state index in [1.165, 1.54) is 9.19 Å². The van der Waals surface area contributed by atoms with Crippen molar-refractivity contribution in [2.24, 2.45) is 0 Å². The standard InChI is InChI=1S/C10H10INO2/c1-2-8-14-10(13)12(11)9-6-4-3-5-7-9/h2-7H,1,8H2. The Kier molecular flexibility index (Phi) is 4.45. The minimum absolute atomic E-state index is 0.227. The van der Waals surface area contributed by atoms with Gasteiger partial charge in [0.05, 0.1) is 28.6 Å². The number of carbonyl (C=O) groups excluding carboxylic acids is 1. The van der Waals surface area contributed by atoms with E-state index in [9.17, 15) is 4.79 Å². The molecule has 0 saturated carbocycles. The molecule has 0 aliphatic rings. The van der Waals surface area contributed by atoms with Crippen LogP contribution in [0.5, 0.6) is 0 Å². The lowest BCUT2D eigenvalue weighted by Gasteiger charge is -2.13. The smallest absolute Gasteiger partial charge is 0.423 e. The van der Waals surface area contributed by atoms with Crippen LogP contribution in [-0.2, 0) is 4.74 Å². The van der Waals surface area contributed by atoms with Gasteiger partial charge in [-0.3, -0.25) is 0 Å². The molecule has 74 valence electrons. The Balaban J connectivity index is 2.61. The van der Waals surface area contributed by atoms with Crippen molar-refractivity contribution in [1.29, 1.82) is 0 Å². The molecule has 0 aliphatic heterocycles. The average Bonchev–Trinajstić information content (AvgIpc) is 2.26. The highest BCUT2D eigenvalue weighted by atomic mass is 127. The molecule has 0 heterocycles. The number of para-hydroxylation sites is 1. The summed E-state index contributed by atoms with van der Waals surface area (Å²) in [5, 5.41) is 0. The molecule has 0 unspecified atom stereocenters. The van der Waals surface area contributed by atoms with Gasteiger partial charge in [-0.05, 0) is 12.1 Å². The van der Waals surface area contributed by atoms with Crippen molar-refractivity contribution in [3.05, 3.63) is 43.0 Å². The van der Waals surface area contributed by atoms with E-state index in [1.54, 1.807) is 0 Å². The van der Waals surface area contributed by atoms with Crippen molar-refractivity contribution in [3.8, 4) is 0 Å². The first-order valence-electron chi connectivity index (χ1n) is 4.04. The Morgan fingerprint density at radius 3 is 2.71 bits per heavy atom. The Morgan fingerprint density at radius 2 is 2.14 bits per heavy atom. The third kappa shape index (κ3) is 3.02. The van der Waals surface area contributed by atoms with Crippen LogP contribution >= 0.6 is 22.9 Å². The lowest BCUT2D eigenvalue weighted by molar-refractivity contribution is 0.171. The van der Waals surface area contributed by atoms with E-state index in [-0.39, 0.29) is 6.61 Å². The number of amides is 1. The van der Waals surface area contributed by atoms with Crippen LogP contribution in [0.2, 0.25) is 0 Å². The third-order valence-electron chi connectivity index (χ3n) is 1.47. The number of hydrogen-bond donors (Lipinski definition) is 0. The van der Waals surface area contributed by atoms with Crippen molar-refractivity contribution >= 4 is 34.6 Å². The number of halogens is 1. The molecule has 1 amide bonds. The van der Waals surface area contributed by atoms with E-state index in [0.717, 1.165) is 5.69 Å². The molecule has 0 radical (unpaired) electrons. The molecule has 3 nitrogen and oxygen atoms in total. The lowest BCUT2D eigenvalue weighted by atomic mass is 10.3. The minimum Gasteiger partial charge on any atom is -0.444 e. The van der Waals surface area contributed by atoms with Gasteiger partial charge in [0.15, 0.2) is 0 Å². The fourth-order valence-corrected chi connectivity index (χ4v) is 1.31. The fourth-order valence-electron chi connectivity index (χ4n) is 0.851. The van der Waals surface area contributed by atoms with Gasteiger partial charge in [-0.2, -0.15) is 0 Å². The summed E-state index contributed by atoms with van der Waals surface area (Å²) in [5.74, 6) is 0. The maximum absolute atomic E-state index is 11.4. The van der Waals surface area contributed by atoms with Crippen molar-refractivity contribution < 1.29 is 9.53 Å². The number of ether oxygens (including phenoxy) is 1. The predicted molar refractivity (Wildman–Crippen MR) is 64.5 cm³/mol. The third-order valence-corrected chi connectivity index (χ3v) is 2.42. The second-order valence-electron chi connectivity index (χ2n) is 2.48. The highest BCUT2D eigenvalue weighted by Gasteiger charge is 2.12. The molecule has 1 rings (SSSR count). The Morgan fingerprint density at radius 1 is 1.50 bits per heavy atom. The van der Waals surface area contributed by atoms with Crippen molar-refractivity contribution in [1.82, 2.24) is 0 Å². The van der Waals surface area contributed by atoms with Gasteiger partial charge in [0.2, 0.25) is 0 Å². The fraction of sp³-hybridized carbons (Fsp3) is 0.100. The molecule has 14 heavy (non-hydrogen) atoms.